The first-order valence-corrected chi connectivity index (χ1v) is 9.22. The van der Waals surface area contributed by atoms with Gasteiger partial charge in [-0.1, -0.05) is 0 Å². The standard InChI is InChI=1S/C20H20N6O2/c1-12-14-4-2-3-5-15(14)25-18(24-12)11-23-20-22-9-7-16(26-20)17-10-13(19(27)28)6-8-21-17/h6-10H,2-5,11H2,1H3,(H,27,28)(H,22,23,26). The zero-order chi connectivity index (χ0) is 19.5. The molecular formula is C20H20N6O2. The van der Waals surface area contributed by atoms with Crippen molar-refractivity contribution in [3.05, 3.63) is 58.9 Å². The molecule has 0 saturated heterocycles. The van der Waals surface area contributed by atoms with Gasteiger partial charge in [-0.3, -0.25) is 4.98 Å². The van der Waals surface area contributed by atoms with E-state index in [0.29, 0.717) is 23.9 Å². The number of aryl methyl sites for hydroxylation is 2. The molecule has 3 aromatic rings. The van der Waals surface area contributed by atoms with E-state index in [-0.39, 0.29) is 5.56 Å². The normalized spacial score (nSPS) is 13.0. The largest absolute Gasteiger partial charge is 0.478 e. The summed E-state index contributed by atoms with van der Waals surface area (Å²) in [6, 6.07) is 4.63. The third kappa shape index (κ3) is 3.80. The number of pyridine rings is 1. The predicted octanol–water partition coefficient (Wildman–Crippen LogP) is 2.83. The number of nitrogens with one attached hydrogen (secondary N) is 1. The first-order valence-electron chi connectivity index (χ1n) is 9.22. The second kappa shape index (κ2) is 7.67. The molecule has 4 rings (SSSR count). The highest BCUT2D eigenvalue weighted by atomic mass is 16.4. The van der Waals surface area contributed by atoms with E-state index in [2.05, 4.69) is 25.3 Å². The smallest absolute Gasteiger partial charge is 0.335 e. The van der Waals surface area contributed by atoms with Gasteiger partial charge in [0.1, 0.15) is 5.82 Å². The summed E-state index contributed by atoms with van der Waals surface area (Å²) in [7, 11) is 0. The molecule has 1 aliphatic rings. The van der Waals surface area contributed by atoms with Crippen molar-refractivity contribution < 1.29 is 9.90 Å². The quantitative estimate of drug-likeness (QED) is 0.699. The summed E-state index contributed by atoms with van der Waals surface area (Å²) in [6.07, 6.45) is 7.50. The minimum absolute atomic E-state index is 0.163. The molecule has 1 aliphatic carbocycles. The van der Waals surface area contributed by atoms with Gasteiger partial charge in [0.2, 0.25) is 5.95 Å². The molecule has 0 saturated carbocycles. The Morgan fingerprint density at radius 3 is 2.75 bits per heavy atom. The number of carbonyl (C=O) groups is 1. The number of anilines is 1. The molecule has 28 heavy (non-hydrogen) atoms. The predicted molar refractivity (Wildman–Crippen MR) is 103 cm³/mol. The maximum absolute atomic E-state index is 11.2. The fourth-order valence-electron chi connectivity index (χ4n) is 3.37. The number of rotatable bonds is 5. The Morgan fingerprint density at radius 2 is 1.89 bits per heavy atom. The van der Waals surface area contributed by atoms with Crippen LogP contribution in [0.1, 0.15) is 46.0 Å². The molecule has 0 fully saturated rings. The Morgan fingerprint density at radius 1 is 1.07 bits per heavy atom. The van der Waals surface area contributed by atoms with Crippen LogP contribution in [0.5, 0.6) is 0 Å². The Hall–Kier alpha value is -3.42. The molecule has 0 atom stereocenters. The van der Waals surface area contributed by atoms with Crippen molar-refractivity contribution in [1.82, 2.24) is 24.9 Å². The molecule has 0 aliphatic heterocycles. The number of hydrogen-bond donors (Lipinski definition) is 2. The van der Waals surface area contributed by atoms with Crippen LogP contribution in [0.3, 0.4) is 0 Å². The van der Waals surface area contributed by atoms with Crippen LogP contribution in [-0.2, 0) is 19.4 Å². The van der Waals surface area contributed by atoms with Gasteiger partial charge in [-0.15, -0.1) is 0 Å². The van der Waals surface area contributed by atoms with Gasteiger partial charge in [0.05, 0.1) is 23.5 Å². The Labute approximate surface area is 162 Å². The maximum atomic E-state index is 11.2. The van der Waals surface area contributed by atoms with Crippen LogP contribution >= 0.6 is 0 Å². The minimum atomic E-state index is -1.00. The van der Waals surface area contributed by atoms with Gasteiger partial charge < -0.3 is 10.4 Å². The van der Waals surface area contributed by atoms with Crippen molar-refractivity contribution in [1.29, 1.82) is 0 Å². The lowest BCUT2D eigenvalue weighted by molar-refractivity contribution is 0.0697. The van der Waals surface area contributed by atoms with Gasteiger partial charge in [-0.25, -0.2) is 24.7 Å². The maximum Gasteiger partial charge on any atom is 0.335 e. The summed E-state index contributed by atoms with van der Waals surface area (Å²) in [5, 5.41) is 12.3. The van der Waals surface area contributed by atoms with Crippen molar-refractivity contribution in [2.24, 2.45) is 0 Å². The van der Waals surface area contributed by atoms with Crippen LogP contribution in [-0.4, -0.2) is 36.0 Å². The fraction of sp³-hybridized carbons (Fsp3) is 0.300. The fourth-order valence-corrected chi connectivity index (χ4v) is 3.37. The molecule has 0 spiro atoms. The van der Waals surface area contributed by atoms with Gasteiger partial charge >= 0.3 is 5.97 Å². The van der Waals surface area contributed by atoms with E-state index in [1.165, 1.54) is 36.7 Å². The lowest BCUT2D eigenvalue weighted by Crippen LogP contribution is -2.14. The number of hydrogen-bond acceptors (Lipinski definition) is 7. The molecule has 0 amide bonds. The highest BCUT2D eigenvalue weighted by Crippen LogP contribution is 2.22. The van der Waals surface area contributed by atoms with Crippen LogP contribution in [0.4, 0.5) is 5.95 Å². The molecule has 8 nitrogen and oxygen atoms in total. The van der Waals surface area contributed by atoms with Crippen molar-refractivity contribution in [3.8, 4) is 11.4 Å². The highest BCUT2D eigenvalue weighted by molar-refractivity contribution is 5.88. The van der Waals surface area contributed by atoms with Crippen LogP contribution < -0.4 is 5.32 Å². The van der Waals surface area contributed by atoms with E-state index < -0.39 is 5.97 Å². The van der Waals surface area contributed by atoms with Crippen LogP contribution in [0.15, 0.2) is 30.6 Å². The molecule has 3 heterocycles. The van der Waals surface area contributed by atoms with Gasteiger partial charge in [-0.05, 0) is 56.4 Å². The second-order valence-electron chi connectivity index (χ2n) is 6.71. The van der Waals surface area contributed by atoms with E-state index >= 15 is 0 Å². The van der Waals surface area contributed by atoms with Crippen molar-refractivity contribution >= 4 is 11.9 Å². The van der Waals surface area contributed by atoms with E-state index in [0.717, 1.165) is 30.1 Å². The van der Waals surface area contributed by atoms with Crippen LogP contribution in [0, 0.1) is 6.92 Å². The molecule has 2 N–H and O–H groups in total. The van der Waals surface area contributed by atoms with Crippen LogP contribution in [0.2, 0.25) is 0 Å². The lowest BCUT2D eigenvalue weighted by Gasteiger charge is -2.17. The molecule has 0 bridgehead atoms. The van der Waals surface area contributed by atoms with Gasteiger partial charge in [0.25, 0.3) is 0 Å². The third-order valence-corrected chi connectivity index (χ3v) is 4.77. The van der Waals surface area contributed by atoms with E-state index in [1.54, 1.807) is 12.3 Å². The molecule has 142 valence electrons. The minimum Gasteiger partial charge on any atom is -0.478 e. The molecular weight excluding hydrogens is 356 g/mol. The summed E-state index contributed by atoms with van der Waals surface area (Å²) in [4.78, 5) is 33.3. The molecule has 0 radical (unpaired) electrons. The number of nitrogens with zero attached hydrogens (tertiary/aromatic N) is 5. The van der Waals surface area contributed by atoms with E-state index in [4.69, 9.17) is 10.1 Å². The number of carboxylic acid groups (broad SMARTS) is 1. The van der Waals surface area contributed by atoms with Crippen LogP contribution in [0.25, 0.3) is 11.4 Å². The Kier molecular flexibility index (Phi) is 4.92. The zero-order valence-corrected chi connectivity index (χ0v) is 15.5. The molecule has 0 unspecified atom stereocenters. The molecule has 8 heteroatoms. The zero-order valence-electron chi connectivity index (χ0n) is 15.5. The summed E-state index contributed by atoms with van der Waals surface area (Å²) < 4.78 is 0. The average molecular weight is 376 g/mol. The van der Waals surface area contributed by atoms with Gasteiger partial charge in [-0.2, -0.15) is 0 Å². The van der Waals surface area contributed by atoms with Crippen molar-refractivity contribution in [2.45, 2.75) is 39.2 Å². The summed E-state index contributed by atoms with van der Waals surface area (Å²) in [5.41, 5.74) is 4.67. The molecule has 3 aromatic heterocycles. The van der Waals surface area contributed by atoms with Crippen molar-refractivity contribution in [2.75, 3.05) is 5.32 Å². The van der Waals surface area contributed by atoms with Gasteiger partial charge in [0, 0.05) is 23.8 Å². The molecule has 0 aromatic carbocycles. The number of carboxylic acids is 1. The Bertz CT molecular complexity index is 1040. The SMILES string of the molecule is Cc1nc(CNc2nccc(-c3cc(C(=O)O)ccn3)n2)nc2c1CCCC2. The topological polar surface area (TPSA) is 114 Å². The van der Waals surface area contributed by atoms with Crippen molar-refractivity contribution in [3.63, 3.8) is 0 Å². The second-order valence-corrected chi connectivity index (χ2v) is 6.71. The summed E-state index contributed by atoms with van der Waals surface area (Å²) in [6.45, 7) is 2.45. The first kappa shape index (κ1) is 18.0. The average Bonchev–Trinajstić information content (AvgIpc) is 2.73. The number of aromatic carboxylic acids is 1. The lowest BCUT2D eigenvalue weighted by atomic mass is 9.95. The number of fused-ring (bicyclic) bond motifs is 1. The summed E-state index contributed by atoms with van der Waals surface area (Å²) in [5.74, 6) is 0.133. The highest BCUT2D eigenvalue weighted by Gasteiger charge is 2.15. The Balaban J connectivity index is 1.52. The third-order valence-electron chi connectivity index (χ3n) is 4.77. The van der Waals surface area contributed by atoms with E-state index in [1.807, 2.05) is 6.92 Å². The van der Waals surface area contributed by atoms with Gasteiger partial charge in [0.15, 0.2) is 0 Å². The van der Waals surface area contributed by atoms with E-state index in [9.17, 15) is 4.79 Å². The first-order chi connectivity index (χ1) is 13.6. The summed E-state index contributed by atoms with van der Waals surface area (Å²) >= 11 is 0. The number of aromatic nitrogens is 5. The monoisotopic (exact) mass is 376 g/mol.